The van der Waals surface area contributed by atoms with Crippen LogP contribution in [-0.4, -0.2) is 11.0 Å². The molecule has 0 amide bonds. The Kier molecular flexibility index (Phi) is 7.79. The Morgan fingerprint density at radius 2 is 1.80 bits per heavy atom. The average Bonchev–Trinajstić information content (AvgIpc) is 1.87. The van der Waals surface area contributed by atoms with Gasteiger partial charge in [0, 0.05) is 0 Å². The standard InChI is InChI=1S/C8H19OP/c1-2-3-4-5-6-7-8(9)10/h8-9H,2-7,10H2,1H3. The maximum Gasteiger partial charge on any atom is 0.0673 e. The van der Waals surface area contributed by atoms with Crippen molar-refractivity contribution in [3.63, 3.8) is 0 Å². The number of aliphatic hydroxyl groups excluding tert-OH is 1. The van der Waals surface area contributed by atoms with Gasteiger partial charge >= 0.3 is 0 Å². The summed E-state index contributed by atoms with van der Waals surface area (Å²) in [6, 6.07) is 0. The molecule has 0 rings (SSSR count). The van der Waals surface area contributed by atoms with E-state index in [9.17, 15) is 0 Å². The normalized spacial score (nSPS) is 13.5. The van der Waals surface area contributed by atoms with Gasteiger partial charge < -0.3 is 5.11 Å². The van der Waals surface area contributed by atoms with E-state index in [2.05, 4.69) is 16.2 Å². The number of aliphatic hydroxyl groups is 1. The van der Waals surface area contributed by atoms with Crippen molar-refractivity contribution in [1.82, 2.24) is 0 Å². The summed E-state index contributed by atoms with van der Waals surface area (Å²) in [6.07, 6.45) is 7.35. The third kappa shape index (κ3) is 8.39. The van der Waals surface area contributed by atoms with Gasteiger partial charge in [-0.25, -0.2) is 0 Å². The average molecular weight is 162 g/mol. The molecule has 0 aromatic carbocycles. The molecule has 2 heteroatoms. The van der Waals surface area contributed by atoms with Crippen LogP contribution in [0.2, 0.25) is 0 Å². The second-order valence-electron chi connectivity index (χ2n) is 2.77. The molecule has 0 aliphatic heterocycles. The van der Waals surface area contributed by atoms with Gasteiger partial charge in [0.05, 0.1) is 5.85 Å². The fourth-order valence-electron chi connectivity index (χ4n) is 0.957. The minimum atomic E-state index is -0.179. The minimum Gasteiger partial charge on any atom is -0.389 e. The van der Waals surface area contributed by atoms with Gasteiger partial charge in [0.25, 0.3) is 0 Å². The second-order valence-corrected chi connectivity index (χ2v) is 3.54. The molecule has 1 nitrogen and oxygen atoms in total. The molecule has 0 radical (unpaired) electrons. The molecular weight excluding hydrogens is 143 g/mol. The van der Waals surface area contributed by atoms with E-state index >= 15 is 0 Å². The first-order valence-corrected chi connectivity index (χ1v) is 4.87. The summed E-state index contributed by atoms with van der Waals surface area (Å²) in [4.78, 5) is 0. The lowest BCUT2D eigenvalue weighted by Gasteiger charge is -2.02. The van der Waals surface area contributed by atoms with Crippen LogP contribution in [-0.2, 0) is 0 Å². The lowest BCUT2D eigenvalue weighted by atomic mass is 10.1. The number of hydrogen-bond donors (Lipinski definition) is 1. The van der Waals surface area contributed by atoms with E-state index in [4.69, 9.17) is 5.11 Å². The van der Waals surface area contributed by atoms with Gasteiger partial charge in [0.1, 0.15) is 0 Å². The predicted molar refractivity (Wildman–Crippen MR) is 49.1 cm³/mol. The Hall–Kier alpha value is 0.390. The highest BCUT2D eigenvalue weighted by atomic mass is 31.0. The van der Waals surface area contributed by atoms with Gasteiger partial charge in [-0.15, -0.1) is 9.24 Å². The molecule has 2 atom stereocenters. The van der Waals surface area contributed by atoms with E-state index in [-0.39, 0.29) is 5.85 Å². The third-order valence-corrected chi connectivity index (χ3v) is 1.94. The molecule has 0 fully saturated rings. The third-order valence-electron chi connectivity index (χ3n) is 1.60. The first kappa shape index (κ1) is 10.4. The highest BCUT2D eigenvalue weighted by molar-refractivity contribution is 7.17. The molecule has 0 aliphatic rings. The maximum atomic E-state index is 8.87. The number of hydrogen-bond acceptors (Lipinski definition) is 1. The quantitative estimate of drug-likeness (QED) is 0.470. The largest absolute Gasteiger partial charge is 0.389 e. The van der Waals surface area contributed by atoms with Crippen LogP contribution in [0.3, 0.4) is 0 Å². The van der Waals surface area contributed by atoms with Crippen molar-refractivity contribution in [2.24, 2.45) is 0 Å². The molecule has 0 saturated carbocycles. The zero-order valence-electron chi connectivity index (χ0n) is 6.84. The van der Waals surface area contributed by atoms with Crippen molar-refractivity contribution in [2.45, 2.75) is 51.3 Å². The Bertz CT molecular complexity index is 64.3. The van der Waals surface area contributed by atoms with E-state index in [0.717, 1.165) is 6.42 Å². The van der Waals surface area contributed by atoms with Crippen molar-refractivity contribution < 1.29 is 5.11 Å². The Labute approximate surface area is 66.4 Å². The molecule has 62 valence electrons. The monoisotopic (exact) mass is 162 g/mol. The molecular formula is C8H19OP. The van der Waals surface area contributed by atoms with E-state index in [0.29, 0.717) is 0 Å². The van der Waals surface area contributed by atoms with Crippen molar-refractivity contribution in [1.29, 1.82) is 0 Å². The van der Waals surface area contributed by atoms with Gasteiger partial charge in [0.2, 0.25) is 0 Å². The maximum absolute atomic E-state index is 8.87. The molecule has 0 spiro atoms. The van der Waals surface area contributed by atoms with Crippen LogP contribution in [0, 0.1) is 0 Å². The number of unbranched alkanes of at least 4 members (excludes halogenated alkanes) is 4. The van der Waals surface area contributed by atoms with Crippen LogP contribution < -0.4 is 0 Å². The lowest BCUT2D eigenvalue weighted by molar-refractivity contribution is 0.246. The zero-order valence-corrected chi connectivity index (χ0v) is 8.00. The van der Waals surface area contributed by atoms with Crippen LogP contribution in [0.5, 0.6) is 0 Å². The van der Waals surface area contributed by atoms with Crippen LogP contribution in [0.1, 0.15) is 45.4 Å². The Balaban J connectivity index is 2.77. The van der Waals surface area contributed by atoms with E-state index in [1.807, 2.05) is 0 Å². The van der Waals surface area contributed by atoms with E-state index < -0.39 is 0 Å². The highest BCUT2D eigenvalue weighted by Crippen LogP contribution is 2.09. The predicted octanol–water partition coefficient (Wildman–Crippen LogP) is 2.54. The fraction of sp³-hybridized carbons (Fsp3) is 1.00. The van der Waals surface area contributed by atoms with Crippen molar-refractivity contribution >= 4 is 9.24 Å². The van der Waals surface area contributed by atoms with Gasteiger partial charge in [-0.05, 0) is 6.42 Å². The molecule has 2 unspecified atom stereocenters. The van der Waals surface area contributed by atoms with Crippen molar-refractivity contribution in [2.75, 3.05) is 0 Å². The SMILES string of the molecule is CCCCCCCC(O)P. The summed E-state index contributed by atoms with van der Waals surface area (Å²) in [6.45, 7) is 2.21. The van der Waals surface area contributed by atoms with Crippen LogP contribution in [0.15, 0.2) is 0 Å². The lowest BCUT2D eigenvalue weighted by Crippen LogP contribution is -1.93. The summed E-state index contributed by atoms with van der Waals surface area (Å²) in [5.74, 6) is -0.179. The number of rotatable bonds is 6. The summed E-state index contributed by atoms with van der Waals surface area (Å²) < 4.78 is 0. The second kappa shape index (κ2) is 7.50. The van der Waals surface area contributed by atoms with Crippen molar-refractivity contribution in [3.8, 4) is 0 Å². The van der Waals surface area contributed by atoms with Gasteiger partial charge in [-0.1, -0.05) is 39.0 Å². The van der Waals surface area contributed by atoms with Gasteiger partial charge in [-0.2, -0.15) is 0 Å². The van der Waals surface area contributed by atoms with E-state index in [1.165, 1.54) is 32.1 Å². The zero-order chi connectivity index (χ0) is 7.82. The minimum absolute atomic E-state index is 0.179. The van der Waals surface area contributed by atoms with Gasteiger partial charge in [-0.3, -0.25) is 0 Å². The molecule has 0 aromatic rings. The van der Waals surface area contributed by atoms with Crippen molar-refractivity contribution in [3.05, 3.63) is 0 Å². The first-order valence-electron chi connectivity index (χ1n) is 4.21. The highest BCUT2D eigenvalue weighted by Gasteiger charge is 1.94. The molecule has 0 saturated heterocycles. The summed E-state index contributed by atoms with van der Waals surface area (Å²) in [7, 11) is 2.41. The summed E-state index contributed by atoms with van der Waals surface area (Å²) in [5.41, 5.74) is 0. The molecule has 0 bridgehead atoms. The smallest absolute Gasteiger partial charge is 0.0673 e. The molecule has 10 heavy (non-hydrogen) atoms. The van der Waals surface area contributed by atoms with Crippen LogP contribution >= 0.6 is 9.24 Å². The topological polar surface area (TPSA) is 20.2 Å². The summed E-state index contributed by atoms with van der Waals surface area (Å²) >= 11 is 0. The molecule has 0 aromatic heterocycles. The fourth-order valence-corrected chi connectivity index (χ4v) is 1.19. The molecule has 0 heterocycles. The van der Waals surface area contributed by atoms with Gasteiger partial charge in [0.15, 0.2) is 0 Å². The molecule has 0 aliphatic carbocycles. The Morgan fingerprint density at radius 1 is 1.20 bits per heavy atom. The molecule has 1 N–H and O–H groups in total. The Morgan fingerprint density at radius 3 is 2.30 bits per heavy atom. The van der Waals surface area contributed by atoms with Crippen LogP contribution in [0.4, 0.5) is 0 Å². The van der Waals surface area contributed by atoms with Crippen LogP contribution in [0.25, 0.3) is 0 Å². The van der Waals surface area contributed by atoms with E-state index in [1.54, 1.807) is 0 Å². The summed E-state index contributed by atoms with van der Waals surface area (Å²) in [5, 5.41) is 8.87. The first-order chi connectivity index (χ1) is 4.77.